The number of urea groups is 1. The van der Waals surface area contributed by atoms with Crippen LogP contribution in [0.4, 0.5) is 16.2 Å². The zero-order chi connectivity index (χ0) is 17.2. The number of benzene rings is 2. The number of anilines is 2. The third-order valence-electron chi connectivity index (χ3n) is 3.82. The van der Waals surface area contributed by atoms with E-state index >= 15 is 0 Å². The minimum Gasteiger partial charge on any atom is -0.308 e. The van der Waals surface area contributed by atoms with Crippen LogP contribution in [-0.2, 0) is 0 Å². The van der Waals surface area contributed by atoms with E-state index in [1.54, 1.807) is 11.3 Å². The summed E-state index contributed by atoms with van der Waals surface area (Å²) in [5, 5.41) is 7.77. The molecule has 0 aliphatic rings. The van der Waals surface area contributed by atoms with Crippen molar-refractivity contribution in [2.24, 2.45) is 0 Å². The standard InChI is InChI=1S/C19H16N4OS/c1-13-5-4-6-14(11-13)20-18(24)21-16-8-3-2-7-15(16)17-12-23-9-10-25-19(23)22-17/h2-12H,1H3,(H2,20,21,24). The lowest BCUT2D eigenvalue weighted by Crippen LogP contribution is -2.19. The first-order chi connectivity index (χ1) is 12.2. The van der Waals surface area contributed by atoms with Gasteiger partial charge in [0.2, 0.25) is 0 Å². The summed E-state index contributed by atoms with van der Waals surface area (Å²) in [4.78, 5) is 17.9. The van der Waals surface area contributed by atoms with E-state index in [2.05, 4.69) is 15.6 Å². The number of hydrogen-bond acceptors (Lipinski definition) is 3. The number of amides is 2. The SMILES string of the molecule is Cc1cccc(NC(=O)Nc2ccccc2-c2cn3ccsc3n2)c1. The molecule has 25 heavy (non-hydrogen) atoms. The average Bonchev–Trinajstić information content (AvgIpc) is 3.17. The molecule has 4 rings (SSSR count). The van der Waals surface area contributed by atoms with Crippen LogP contribution in [0.1, 0.15) is 5.56 Å². The molecule has 0 aliphatic carbocycles. The van der Waals surface area contributed by atoms with Gasteiger partial charge in [-0.05, 0) is 30.7 Å². The van der Waals surface area contributed by atoms with E-state index in [4.69, 9.17) is 0 Å². The fraction of sp³-hybridized carbons (Fsp3) is 0.0526. The van der Waals surface area contributed by atoms with Crippen LogP contribution in [0, 0.1) is 6.92 Å². The summed E-state index contributed by atoms with van der Waals surface area (Å²) >= 11 is 1.58. The van der Waals surface area contributed by atoms with Crippen molar-refractivity contribution in [3.05, 3.63) is 71.9 Å². The van der Waals surface area contributed by atoms with Crippen molar-refractivity contribution in [1.82, 2.24) is 9.38 Å². The predicted molar refractivity (Wildman–Crippen MR) is 102 cm³/mol. The van der Waals surface area contributed by atoms with Crippen molar-refractivity contribution < 1.29 is 4.79 Å². The Hall–Kier alpha value is -3.12. The fourth-order valence-electron chi connectivity index (χ4n) is 2.68. The molecule has 0 unspecified atom stereocenters. The monoisotopic (exact) mass is 348 g/mol. The van der Waals surface area contributed by atoms with Crippen LogP contribution >= 0.6 is 11.3 Å². The molecule has 4 aromatic rings. The number of aromatic nitrogens is 2. The highest BCUT2D eigenvalue weighted by Crippen LogP contribution is 2.28. The van der Waals surface area contributed by atoms with Gasteiger partial charge in [-0.3, -0.25) is 4.40 Å². The Balaban J connectivity index is 1.58. The van der Waals surface area contributed by atoms with Crippen LogP contribution in [0.15, 0.2) is 66.3 Å². The van der Waals surface area contributed by atoms with Gasteiger partial charge in [0, 0.05) is 29.0 Å². The minimum atomic E-state index is -0.279. The van der Waals surface area contributed by atoms with Crippen molar-refractivity contribution in [1.29, 1.82) is 0 Å². The maximum Gasteiger partial charge on any atom is 0.323 e. The highest BCUT2D eigenvalue weighted by molar-refractivity contribution is 7.15. The minimum absolute atomic E-state index is 0.279. The van der Waals surface area contributed by atoms with Crippen LogP contribution < -0.4 is 10.6 Å². The van der Waals surface area contributed by atoms with Crippen molar-refractivity contribution >= 4 is 33.7 Å². The molecule has 5 nitrogen and oxygen atoms in total. The highest BCUT2D eigenvalue weighted by Gasteiger charge is 2.12. The van der Waals surface area contributed by atoms with Gasteiger partial charge < -0.3 is 10.6 Å². The molecule has 0 fully saturated rings. The van der Waals surface area contributed by atoms with Gasteiger partial charge in [-0.2, -0.15) is 0 Å². The number of carbonyl (C=O) groups excluding carboxylic acids is 1. The Kier molecular flexibility index (Phi) is 3.95. The molecule has 2 amide bonds. The van der Waals surface area contributed by atoms with Gasteiger partial charge in [-0.25, -0.2) is 9.78 Å². The first-order valence-corrected chi connectivity index (χ1v) is 8.73. The normalized spacial score (nSPS) is 10.8. The molecular formula is C19H16N4OS. The smallest absolute Gasteiger partial charge is 0.308 e. The summed E-state index contributed by atoms with van der Waals surface area (Å²) in [6, 6.07) is 15.1. The molecule has 0 atom stereocenters. The quantitative estimate of drug-likeness (QED) is 0.546. The third kappa shape index (κ3) is 3.25. The van der Waals surface area contributed by atoms with Gasteiger partial charge in [0.05, 0.1) is 11.4 Å². The highest BCUT2D eigenvalue weighted by atomic mass is 32.1. The van der Waals surface area contributed by atoms with E-state index in [1.807, 2.05) is 77.6 Å². The maximum atomic E-state index is 12.4. The Labute approximate surface area is 149 Å². The Morgan fingerprint density at radius 2 is 2.00 bits per heavy atom. The van der Waals surface area contributed by atoms with Gasteiger partial charge in [0.15, 0.2) is 4.96 Å². The predicted octanol–water partition coefficient (Wildman–Crippen LogP) is 5.02. The van der Waals surface area contributed by atoms with Crippen molar-refractivity contribution in [2.45, 2.75) is 6.92 Å². The second kappa shape index (κ2) is 6.41. The number of hydrogen-bond donors (Lipinski definition) is 2. The van der Waals surface area contributed by atoms with E-state index in [9.17, 15) is 4.79 Å². The van der Waals surface area contributed by atoms with Crippen LogP contribution in [-0.4, -0.2) is 15.4 Å². The third-order valence-corrected chi connectivity index (χ3v) is 4.59. The van der Waals surface area contributed by atoms with Crippen LogP contribution in [0.5, 0.6) is 0 Å². The first kappa shape index (κ1) is 15.4. The number of fused-ring (bicyclic) bond motifs is 1. The molecule has 124 valence electrons. The second-order valence-electron chi connectivity index (χ2n) is 5.71. The lowest BCUT2D eigenvalue weighted by Gasteiger charge is -2.11. The molecule has 0 aliphatic heterocycles. The molecule has 2 N–H and O–H groups in total. The number of rotatable bonds is 3. The van der Waals surface area contributed by atoms with Gasteiger partial charge in [0.25, 0.3) is 0 Å². The summed E-state index contributed by atoms with van der Waals surface area (Å²) in [5.41, 5.74) is 4.29. The summed E-state index contributed by atoms with van der Waals surface area (Å²) in [6.45, 7) is 1.99. The molecule has 0 saturated carbocycles. The summed E-state index contributed by atoms with van der Waals surface area (Å²) in [6.07, 6.45) is 3.93. The second-order valence-corrected chi connectivity index (χ2v) is 6.59. The zero-order valence-electron chi connectivity index (χ0n) is 13.6. The number of para-hydroxylation sites is 1. The van der Waals surface area contributed by atoms with Crippen LogP contribution in [0.3, 0.4) is 0 Å². The molecule has 0 spiro atoms. The van der Waals surface area contributed by atoms with Crippen LogP contribution in [0.25, 0.3) is 16.2 Å². The zero-order valence-corrected chi connectivity index (χ0v) is 14.4. The van der Waals surface area contributed by atoms with Gasteiger partial charge in [0.1, 0.15) is 0 Å². The lowest BCUT2D eigenvalue weighted by atomic mass is 10.1. The van der Waals surface area contributed by atoms with E-state index in [-0.39, 0.29) is 6.03 Å². The molecule has 2 heterocycles. The first-order valence-electron chi connectivity index (χ1n) is 7.85. The lowest BCUT2D eigenvalue weighted by molar-refractivity contribution is 0.262. The van der Waals surface area contributed by atoms with E-state index in [1.165, 1.54) is 0 Å². The van der Waals surface area contributed by atoms with Crippen molar-refractivity contribution in [3.8, 4) is 11.3 Å². The number of aryl methyl sites for hydroxylation is 1. The maximum absolute atomic E-state index is 12.4. The Morgan fingerprint density at radius 1 is 1.12 bits per heavy atom. The molecule has 2 aromatic heterocycles. The average molecular weight is 348 g/mol. The molecule has 6 heteroatoms. The van der Waals surface area contributed by atoms with Crippen molar-refractivity contribution in [3.63, 3.8) is 0 Å². The number of thiazole rings is 1. The Bertz CT molecular complexity index is 1020. The van der Waals surface area contributed by atoms with Crippen LogP contribution in [0.2, 0.25) is 0 Å². The van der Waals surface area contributed by atoms with E-state index in [0.29, 0.717) is 0 Å². The van der Waals surface area contributed by atoms with E-state index in [0.717, 1.165) is 33.2 Å². The molecule has 0 bridgehead atoms. The fourth-order valence-corrected chi connectivity index (χ4v) is 3.38. The van der Waals surface area contributed by atoms with Gasteiger partial charge >= 0.3 is 6.03 Å². The molecule has 2 aromatic carbocycles. The van der Waals surface area contributed by atoms with Crippen molar-refractivity contribution in [2.75, 3.05) is 10.6 Å². The van der Waals surface area contributed by atoms with E-state index < -0.39 is 0 Å². The Morgan fingerprint density at radius 3 is 2.84 bits per heavy atom. The largest absolute Gasteiger partial charge is 0.323 e. The van der Waals surface area contributed by atoms with Gasteiger partial charge in [-0.15, -0.1) is 11.3 Å². The number of nitrogens with one attached hydrogen (secondary N) is 2. The summed E-state index contributed by atoms with van der Waals surface area (Å²) < 4.78 is 1.98. The molecular weight excluding hydrogens is 332 g/mol. The summed E-state index contributed by atoms with van der Waals surface area (Å²) in [7, 11) is 0. The topological polar surface area (TPSA) is 58.4 Å². The van der Waals surface area contributed by atoms with Gasteiger partial charge in [-0.1, -0.05) is 30.3 Å². The number of nitrogens with zero attached hydrogens (tertiary/aromatic N) is 2. The summed E-state index contributed by atoms with van der Waals surface area (Å²) in [5.74, 6) is 0. The molecule has 0 radical (unpaired) electrons. The number of carbonyl (C=O) groups is 1. The molecule has 0 saturated heterocycles. The number of imidazole rings is 1.